The van der Waals surface area contributed by atoms with Crippen molar-refractivity contribution in [1.82, 2.24) is 25.1 Å². The molecular weight excluding hydrogens is 432 g/mol. The lowest BCUT2D eigenvalue weighted by molar-refractivity contribution is -0.142. The van der Waals surface area contributed by atoms with E-state index in [0.717, 1.165) is 5.56 Å². The lowest BCUT2D eigenvalue weighted by Crippen LogP contribution is -2.62. The van der Waals surface area contributed by atoms with Crippen molar-refractivity contribution in [1.29, 1.82) is 0 Å². The van der Waals surface area contributed by atoms with E-state index in [9.17, 15) is 14.4 Å². The number of imide groups is 1. The van der Waals surface area contributed by atoms with Crippen LogP contribution in [0.25, 0.3) is 0 Å². The third kappa shape index (κ3) is 4.60. The van der Waals surface area contributed by atoms with Crippen LogP contribution in [-0.4, -0.2) is 76.4 Å². The minimum absolute atomic E-state index is 0.105. The molecule has 1 aliphatic carbocycles. The molecule has 2 saturated heterocycles. The molecule has 1 N–H and O–H groups in total. The molecule has 9 heteroatoms. The first-order valence-electron chi connectivity index (χ1n) is 12.1. The van der Waals surface area contributed by atoms with Gasteiger partial charge in [0, 0.05) is 57.1 Å². The molecule has 3 unspecified atom stereocenters. The molecule has 3 fully saturated rings. The number of fused-ring (bicyclic) bond motifs is 1. The van der Waals surface area contributed by atoms with Gasteiger partial charge in [-0.25, -0.2) is 14.8 Å². The summed E-state index contributed by atoms with van der Waals surface area (Å²) in [6.07, 6.45) is 5.91. The van der Waals surface area contributed by atoms with E-state index >= 15 is 0 Å². The van der Waals surface area contributed by atoms with Crippen molar-refractivity contribution in [3.8, 4) is 0 Å². The van der Waals surface area contributed by atoms with Crippen LogP contribution in [0.5, 0.6) is 0 Å². The first-order valence-corrected chi connectivity index (χ1v) is 12.1. The van der Waals surface area contributed by atoms with E-state index < -0.39 is 0 Å². The number of benzene rings is 1. The number of nitrogens with one attached hydrogen (secondary N) is 1. The molecular formula is C25H30N6O3. The lowest BCUT2D eigenvalue weighted by Gasteiger charge is -2.43. The Morgan fingerprint density at radius 2 is 1.71 bits per heavy atom. The first kappa shape index (κ1) is 22.3. The summed E-state index contributed by atoms with van der Waals surface area (Å²) in [5.74, 6) is 0.303. The molecule has 34 heavy (non-hydrogen) atoms. The van der Waals surface area contributed by atoms with Crippen LogP contribution in [0, 0.1) is 11.8 Å². The molecule has 0 spiro atoms. The van der Waals surface area contributed by atoms with E-state index in [1.54, 1.807) is 18.5 Å². The van der Waals surface area contributed by atoms with Gasteiger partial charge in [-0.3, -0.25) is 14.5 Å². The highest BCUT2D eigenvalue weighted by atomic mass is 16.2. The van der Waals surface area contributed by atoms with Crippen LogP contribution in [0.15, 0.2) is 48.8 Å². The third-order valence-electron chi connectivity index (χ3n) is 7.23. The number of amides is 4. The van der Waals surface area contributed by atoms with Gasteiger partial charge in [0.1, 0.15) is 0 Å². The van der Waals surface area contributed by atoms with Crippen molar-refractivity contribution >= 4 is 23.8 Å². The summed E-state index contributed by atoms with van der Waals surface area (Å²) in [6, 6.07) is 11.0. The van der Waals surface area contributed by atoms with E-state index in [0.29, 0.717) is 64.4 Å². The number of anilines is 1. The zero-order chi connectivity index (χ0) is 23.5. The van der Waals surface area contributed by atoms with E-state index in [1.165, 1.54) is 4.90 Å². The predicted molar refractivity (Wildman–Crippen MR) is 126 cm³/mol. The summed E-state index contributed by atoms with van der Waals surface area (Å²) in [5, 5.41) is 3.02. The number of rotatable bonds is 5. The number of urea groups is 1. The van der Waals surface area contributed by atoms with Crippen molar-refractivity contribution in [3.05, 3.63) is 54.4 Å². The average Bonchev–Trinajstić information content (AvgIpc) is 2.89. The summed E-state index contributed by atoms with van der Waals surface area (Å²) >= 11 is 0. The van der Waals surface area contributed by atoms with Gasteiger partial charge in [-0.15, -0.1) is 0 Å². The van der Waals surface area contributed by atoms with Crippen LogP contribution < -0.4 is 10.2 Å². The number of hydrogen-bond acceptors (Lipinski definition) is 6. The molecule has 178 valence electrons. The van der Waals surface area contributed by atoms with E-state index in [2.05, 4.69) is 20.2 Å². The highest BCUT2D eigenvalue weighted by molar-refractivity contribution is 5.99. The Morgan fingerprint density at radius 1 is 0.971 bits per heavy atom. The van der Waals surface area contributed by atoms with E-state index in [-0.39, 0.29) is 35.7 Å². The summed E-state index contributed by atoms with van der Waals surface area (Å²) in [5.41, 5.74) is 1.10. The van der Waals surface area contributed by atoms with Crippen LogP contribution in [0.3, 0.4) is 0 Å². The summed E-state index contributed by atoms with van der Waals surface area (Å²) in [7, 11) is 0. The summed E-state index contributed by atoms with van der Waals surface area (Å²) in [4.78, 5) is 53.0. The molecule has 9 nitrogen and oxygen atoms in total. The number of hydrogen-bond donors (Lipinski definition) is 1. The second-order valence-corrected chi connectivity index (χ2v) is 9.26. The monoisotopic (exact) mass is 462 g/mol. The molecule has 1 saturated carbocycles. The van der Waals surface area contributed by atoms with Crippen LogP contribution >= 0.6 is 0 Å². The molecule has 0 bridgehead atoms. The fourth-order valence-corrected chi connectivity index (χ4v) is 5.32. The van der Waals surface area contributed by atoms with Gasteiger partial charge in [0.05, 0.1) is 5.92 Å². The Bertz CT molecular complexity index is 1030. The number of aromatic nitrogens is 2. The van der Waals surface area contributed by atoms with Gasteiger partial charge in [-0.2, -0.15) is 0 Å². The van der Waals surface area contributed by atoms with Gasteiger partial charge < -0.3 is 15.1 Å². The Labute approximate surface area is 199 Å². The molecule has 1 aromatic heterocycles. The van der Waals surface area contributed by atoms with Gasteiger partial charge in [0.15, 0.2) is 0 Å². The Kier molecular flexibility index (Phi) is 6.42. The summed E-state index contributed by atoms with van der Waals surface area (Å²) < 4.78 is 0. The molecule has 3 heterocycles. The summed E-state index contributed by atoms with van der Waals surface area (Å²) in [6.45, 7) is 3.01. The van der Waals surface area contributed by atoms with Crippen LogP contribution in [0.2, 0.25) is 0 Å². The normalized spacial score (nSPS) is 25.1. The molecule has 3 atom stereocenters. The number of piperazine rings is 1. The van der Waals surface area contributed by atoms with Crippen LogP contribution in [-0.2, 0) is 16.0 Å². The fraction of sp³-hybridized carbons (Fsp3) is 0.480. The largest absolute Gasteiger partial charge is 0.339 e. The van der Waals surface area contributed by atoms with Crippen molar-refractivity contribution < 1.29 is 14.4 Å². The lowest BCUT2D eigenvalue weighted by atomic mass is 9.76. The second kappa shape index (κ2) is 9.79. The van der Waals surface area contributed by atoms with Gasteiger partial charge in [0.2, 0.25) is 17.8 Å². The van der Waals surface area contributed by atoms with Crippen molar-refractivity contribution in [2.45, 2.75) is 31.7 Å². The van der Waals surface area contributed by atoms with Crippen LogP contribution in [0.4, 0.5) is 10.7 Å². The van der Waals surface area contributed by atoms with Gasteiger partial charge >= 0.3 is 6.03 Å². The van der Waals surface area contributed by atoms with Crippen molar-refractivity contribution in [2.75, 3.05) is 37.6 Å². The second-order valence-electron chi connectivity index (χ2n) is 9.26. The molecule has 2 aliphatic heterocycles. The molecule has 0 radical (unpaired) electrons. The topological polar surface area (TPSA) is 98.7 Å². The minimum Gasteiger partial charge on any atom is -0.339 e. The SMILES string of the molecule is O=C(C1CCC2C(=O)N(CCc3ccccc3)C(=O)NC2C1)N1CCN(c2ncccn2)CC1. The number of carbonyl (C=O) groups excluding carboxylic acids is 3. The maximum absolute atomic E-state index is 13.2. The van der Waals surface area contributed by atoms with Gasteiger partial charge in [-0.1, -0.05) is 30.3 Å². The van der Waals surface area contributed by atoms with Crippen LogP contribution in [0.1, 0.15) is 24.8 Å². The quantitative estimate of drug-likeness (QED) is 0.726. The highest BCUT2D eigenvalue weighted by Gasteiger charge is 2.46. The fourth-order valence-electron chi connectivity index (χ4n) is 5.32. The molecule has 1 aromatic carbocycles. The van der Waals surface area contributed by atoms with E-state index in [1.807, 2.05) is 35.2 Å². The number of carbonyl (C=O) groups is 3. The predicted octanol–water partition coefficient (Wildman–Crippen LogP) is 1.70. The Balaban J connectivity index is 1.15. The Morgan fingerprint density at radius 3 is 2.44 bits per heavy atom. The third-order valence-corrected chi connectivity index (χ3v) is 7.23. The standard InChI is InChI=1S/C25H30N6O3/c32-22(29-13-15-30(16-14-29)24-26-10-4-11-27-24)19-7-8-20-21(17-19)28-25(34)31(23(20)33)12-9-18-5-2-1-3-6-18/h1-6,10-11,19-21H,7-9,12-17H2,(H,28,34). The van der Waals surface area contributed by atoms with Crippen molar-refractivity contribution in [3.63, 3.8) is 0 Å². The van der Waals surface area contributed by atoms with E-state index in [4.69, 9.17) is 0 Å². The molecule has 5 rings (SSSR count). The maximum Gasteiger partial charge on any atom is 0.324 e. The minimum atomic E-state index is -0.341. The zero-order valence-corrected chi connectivity index (χ0v) is 19.2. The maximum atomic E-state index is 13.2. The Hall–Kier alpha value is -3.49. The van der Waals surface area contributed by atoms with Gasteiger partial charge in [0.25, 0.3) is 0 Å². The van der Waals surface area contributed by atoms with Crippen molar-refractivity contribution in [2.24, 2.45) is 11.8 Å². The highest BCUT2D eigenvalue weighted by Crippen LogP contribution is 2.34. The zero-order valence-electron chi connectivity index (χ0n) is 19.2. The van der Waals surface area contributed by atoms with Gasteiger partial charge in [-0.05, 0) is 37.3 Å². The number of nitrogens with zero attached hydrogens (tertiary/aromatic N) is 5. The molecule has 4 amide bonds. The molecule has 2 aromatic rings. The average molecular weight is 463 g/mol. The smallest absolute Gasteiger partial charge is 0.324 e. The molecule has 3 aliphatic rings. The first-order chi connectivity index (χ1) is 16.6.